The fourth-order valence-corrected chi connectivity index (χ4v) is 3.94. The summed E-state index contributed by atoms with van der Waals surface area (Å²) in [5.74, 6) is 1.09. The third kappa shape index (κ3) is 6.49. The molecule has 0 radical (unpaired) electrons. The third-order valence-electron chi connectivity index (χ3n) is 4.68. The minimum absolute atomic E-state index is 0.215. The smallest absolute Gasteiger partial charge is 0.251 e. The van der Waals surface area contributed by atoms with Crippen LogP contribution in [0.5, 0.6) is 11.5 Å². The average molecular weight is 455 g/mol. The SMILES string of the molecule is COc1cccc(OCCNC(=O)c2ccc(N(Cc3ccccc3)S(C)(=O)=O)cc2)c1. The van der Waals surface area contributed by atoms with Crippen LogP contribution in [0.2, 0.25) is 0 Å². The molecular formula is C24H26N2O5S. The highest BCUT2D eigenvalue weighted by atomic mass is 32.2. The normalized spacial score (nSPS) is 10.9. The Morgan fingerprint density at radius 3 is 2.28 bits per heavy atom. The molecule has 0 spiro atoms. The highest BCUT2D eigenvalue weighted by molar-refractivity contribution is 7.92. The van der Waals surface area contributed by atoms with E-state index >= 15 is 0 Å². The molecule has 0 heterocycles. The lowest BCUT2D eigenvalue weighted by Gasteiger charge is -2.22. The van der Waals surface area contributed by atoms with E-state index in [1.807, 2.05) is 48.5 Å². The van der Waals surface area contributed by atoms with E-state index in [0.717, 1.165) is 5.56 Å². The van der Waals surface area contributed by atoms with Crippen molar-refractivity contribution in [1.29, 1.82) is 0 Å². The van der Waals surface area contributed by atoms with Gasteiger partial charge in [0.05, 0.1) is 32.1 Å². The van der Waals surface area contributed by atoms with Crippen LogP contribution in [0.25, 0.3) is 0 Å². The topological polar surface area (TPSA) is 84.9 Å². The molecule has 3 rings (SSSR count). The van der Waals surface area contributed by atoms with Gasteiger partial charge in [0, 0.05) is 11.6 Å². The Bertz CT molecular complexity index is 1130. The van der Waals surface area contributed by atoms with Crippen LogP contribution in [0, 0.1) is 0 Å². The highest BCUT2D eigenvalue weighted by Crippen LogP contribution is 2.21. The van der Waals surface area contributed by atoms with Gasteiger partial charge < -0.3 is 14.8 Å². The molecular weight excluding hydrogens is 428 g/mol. The highest BCUT2D eigenvalue weighted by Gasteiger charge is 2.18. The largest absolute Gasteiger partial charge is 0.497 e. The van der Waals surface area contributed by atoms with Crippen molar-refractivity contribution in [2.24, 2.45) is 0 Å². The van der Waals surface area contributed by atoms with Gasteiger partial charge in [-0.3, -0.25) is 9.10 Å². The maximum Gasteiger partial charge on any atom is 0.251 e. The summed E-state index contributed by atoms with van der Waals surface area (Å²) in [7, 11) is -1.91. The van der Waals surface area contributed by atoms with Crippen LogP contribution in [-0.2, 0) is 16.6 Å². The van der Waals surface area contributed by atoms with Gasteiger partial charge in [0.15, 0.2) is 0 Å². The molecule has 0 bridgehead atoms. The summed E-state index contributed by atoms with van der Waals surface area (Å²) >= 11 is 0. The zero-order valence-electron chi connectivity index (χ0n) is 18.0. The lowest BCUT2D eigenvalue weighted by Crippen LogP contribution is -2.30. The number of sulfonamides is 1. The van der Waals surface area contributed by atoms with E-state index in [1.165, 1.54) is 10.6 Å². The van der Waals surface area contributed by atoms with E-state index < -0.39 is 10.0 Å². The van der Waals surface area contributed by atoms with Crippen LogP contribution < -0.4 is 19.1 Å². The maximum absolute atomic E-state index is 12.4. The predicted octanol–water partition coefficient (Wildman–Crippen LogP) is 3.47. The lowest BCUT2D eigenvalue weighted by molar-refractivity contribution is 0.0947. The van der Waals surface area contributed by atoms with Gasteiger partial charge in [0.1, 0.15) is 18.1 Å². The third-order valence-corrected chi connectivity index (χ3v) is 5.82. The standard InChI is InChI=1S/C24H26N2O5S/c1-30-22-9-6-10-23(17-22)31-16-15-25-24(27)20-11-13-21(14-12-20)26(32(2,28)29)18-19-7-4-3-5-8-19/h3-14,17H,15-16,18H2,1-2H3,(H,25,27). The van der Waals surface area contributed by atoms with Crippen molar-refractivity contribution in [2.75, 3.05) is 30.8 Å². The number of carbonyl (C=O) groups excluding carboxylic acids is 1. The molecule has 0 aliphatic rings. The van der Waals surface area contributed by atoms with Gasteiger partial charge in [0.25, 0.3) is 5.91 Å². The number of ether oxygens (including phenoxy) is 2. The number of methoxy groups -OCH3 is 1. The second kappa shape index (κ2) is 10.7. The van der Waals surface area contributed by atoms with Crippen LogP contribution in [0.1, 0.15) is 15.9 Å². The first-order valence-corrected chi connectivity index (χ1v) is 11.9. The summed E-state index contributed by atoms with van der Waals surface area (Å²) in [5.41, 5.74) is 1.80. The van der Waals surface area contributed by atoms with E-state index in [-0.39, 0.29) is 12.5 Å². The molecule has 3 aromatic carbocycles. The zero-order chi connectivity index (χ0) is 23.0. The first-order valence-electron chi connectivity index (χ1n) is 10.0. The van der Waals surface area contributed by atoms with Crippen molar-refractivity contribution in [3.63, 3.8) is 0 Å². The Kier molecular flexibility index (Phi) is 7.72. The van der Waals surface area contributed by atoms with E-state index in [4.69, 9.17) is 9.47 Å². The van der Waals surface area contributed by atoms with Crippen molar-refractivity contribution in [3.05, 3.63) is 90.0 Å². The van der Waals surface area contributed by atoms with Crippen LogP contribution >= 0.6 is 0 Å². The molecule has 168 valence electrons. The number of hydrogen-bond acceptors (Lipinski definition) is 5. The van der Waals surface area contributed by atoms with Crippen molar-refractivity contribution in [2.45, 2.75) is 6.54 Å². The lowest BCUT2D eigenvalue weighted by atomic mass is 10.2. The first kappa shape index (κ1) is 23.1. The van der Waals surface area contributed by atoms with Gasteiger partial charge in [-0.15, -0.1) is 0 Å². The monoisotopic (exact) mass is 454 g/mol. The van der Waals surface area contributed by atoms with E-state index in [1.54, 1.807) is 37.4 Å². The molecule has 0 aliphatic carbocycles. The predicted molar refractivity (Wildman–Crippen MR) is 125 cm³/mol. The van der Waals surface area contributed by atoms with Crippen LogP contribution in [0.3, 0.4) is 0 Å². The number of benzene rings is 3. The molecule has 32 heavy (non-hydrogen) atoms. The molecule has 1 N–H and O–H groups in total. The minimum atomic E-state index is -3.49. The van der Waals surface area contributed by atoms with E-state index in [2.05, 4.69) is 5.32 Å². The number of nitrogens with zero attached hydrogens (tertiary/aromatic N) is 1. The van der Waals surface area contributed by atoms with Crippen molar-refractivity contribution >= 4 is 21.6 Å². The fraction of sp³-hybridized carbons (Fsp3) is 0.208. The Hall–Kier alpha value is -3.52. The minimum Gasteiger partial charge on any atom is -0.497 e. The molecule has 0 fully saturated rings. The molecule has 0 atom stereocenters. The van der Waals surface area contributed by atoms with E-state index in [9.17, 15) is 13.2 Å². The quantitative estimate of drug-likeness (QED) is 0.474. The second-order valence-electron chi connectivity index (χ2n) is 7.09. The van der Waals surface area contributed by atoms with Crippen molar-refractivity contribution < 1.29 is 22.7 Å². The number of carbonyl (C=O) groups is 1. The van der Waals surface area contributed by atoms with Gasteiger partial charge in [-0.1, -0.05) is 36.4 Å². The fourth-order valence-electron chi connectivity index (χ4n) is 3.05. The molecule has 0 saturated carbocycles. The number of anilines is 1. The van der Waals surface area contributed by atoms with Gasteiger partial charge in [0.2, 0.25) is 10.0 Å². The molecule has 3 aromatic rings. The maximum atomic E-state index is 12.4. The van der Waals surface area contributed by atoms with Gasteiger partial charge >= 0.3 is 0 Å². The Morgan fingerprint density at radius 2 is 1.62 bits per heavy atom. The van der Waals surface area contributed by atoms with E-state index in [0.29, 0.717) is 35.9 Å². The van der Waals surface area contributed by atoms with Gasteiger partial charge in [-0.05, 0) is 42.0 Å². The zero-order valence-corrected chi connectivity index (χ0v) is 18.8. The molecule has 7 nitrogen and oxygen atoms in total. The molecule has 0 unspecified atom stereocenters. The summed E-state index contributed by atoms with van der Waals surface area (Å²) in [5, 5.41) is 2.79. The first-order chi connectivity index (χ1) is 15.4. The summed E-state index contributed by atoms with van der Waals surface area (Å²) < 4.78 is 36.7. The molecule has 0 aromatic heterocycles. The molecule has 8 heteroatoms. The van der Waals surface area contributed by atoms with Crippen LogP contribution in [0.15, 0.2) is 78.9 Å². The Balaban J connectivity index is 1.57. The summed E-state index contributed by atoms with van der Waals surface area (Å²) in [4.78, 5) is 12.4. The van der Waals surface area contributed by atoms with Gasteiger partial charge in [-0.25, -0.2) is 8.42 Å². The molecule has 0 saturated heterocycles. The Morgan fingerprint density at radius 1 is 0.938 bits per heavy atom. The number of hydrogen-bond donors (Lipinski definition) is 1. The number of nitrogens with one attached hydrogen (secondary N) is 1. The number of amides is 1. The van der Waals surface area contributed by atoms with Crippen LogP contribution in [-0.4, -0.2) is 40.8 Å². The summed E-state index contributed by atoms with van der Waals surface area (Å²) in [6.45, 7) is 0.837. The second-order valence-corrected chi connectivity index (χ2v) is 8.99. The average Bonchev–Trinajstić information content (AvgIpc) is 2.80. The molecule has 0 aliphatic heterocycles. The summed E-state index contributed by atoms with van der Waals surface area (Å²) in [6, 6.07) is 23.0. The van der Waals surface area contributed by atoms with Crippen molar-refractivity contribution in [3.8, 4) is 11.5 Å². The van der Waals surface area contributed by atoms with Crippen molar-refractivity contribution in [1.82, 2.24) is 5.32 Å². The number of rotatable bonds is 10. The Labute approximate surface area is 188 Å². The summed E-state index contributed by atoms with van der Waals surface area (Å²) in [6.07, 6.45) is 1.17. The van der Waals surface area contributed by atoms with Crippen LogP contribution in [0.4, 0.5) is 5.69 Å². The molecule has 1 amide bonds. The van der Waals surface area contributed by atoms with Gasteiger partial charge in [-0.2, -0.15) is 0 Å².